The number of fused-ring (bicyclic) bond motifs is 1. The van der Waals surface area contributed by atoms with Crippen LogP contribution in [0.15, 0.2) is 41.2 Å². The molecular formula is C21H25NO. The van der Waals surface area contributed by atoms with E-state index in [9.17, 15) is 4.79 Å². The van der Waals surface area contributed by atoms with E-state index < -0.39 is 0 Å². The highest BCUT2D eigenvalue weighted by Crippen LogP contribution is 2.29. The molecule has 2 aromatic rings. The minimum atomic E-state index is 0.265. The first-order valence-corrected chi connectivity index (χ1v) is 9.09. The second kappa shape index (κ2) is 6.35. The largest absolute Gasteiger partial charge is 0.312 e. The summed E-state index contributed by atoms with van der Waals surface area (Å²) >= 11 is 0. The quantitative estimate of drug-likeness (QED) is 0.833. The summed E-state index contributed by atoms with van der Waals surface area (Å²) in [5.74, 6) is 0.728. The molecule has 0 amide bonds. The first kappa shape index (κ1) is 14.7. The van der Waals surface area contributed by atoms with Crippen molar-refractivity contribution in [1.82, 2.24) is 4.57 Å². The Morgan fingerprint density at radius 2 is 1.78 bits per heavy atom. The first-order valence-electron chi connectivity index (χ1n) is 9.09. The number of pyridine rings is 1. The lowest BCUT2D eigenvalue weighted by molar-refractivity contribution is 0.269. The predicted octanol–water partition coefficient (Wildman–Crippen LogP) is 4.12. The zero-order valence-corrected chi connectivity index (χ0v) is 13.8. The second-order valence-electron chi connectivity index (χ2n) is 7.22. The number of aryl methyl sites for hydroxylation is 1. The summed E-state index contributed by atoms with van der Waals surface area (Å²) in [5.41, 5.74) is 5.25. The average molecular weight is 307 g/mol. The van der Waals surface area contributed by atoms with Crippen LogP contribution in [0.4, 0.5) is 0 Å². The summed E-state index contributed by atoms with van der Waals surface area (Å²) in [6.45, 7) is 0.948. The van der Waals surface area contributed by atoms with Gasteiger partial charge in [0.15, 0.2) is 0 Å². The average Bonchev–Trinajstić information content (AvgIpc) is 2.54. The van der Waals surface area contributed by atoms with Gasteiger partial charge in [-0.05, 0) is 61.6 Å². The summed E-state index contributed by atoms with van der Waals surface area (Å²) in [7, 11) is 0. The molecule has 2 nitrogen and oxygen atoms in total. The summed E-state index contributed by atoms with van der Waals surface area (Å²) in [6, 6.07) is 12.6. The van der Waals surface area contributed by atoms with Crippen molar-refractivity contribution >= 4 is 0 Å². The smallest absolute Gasteiger partial charge is 0.254 e. The fourth-order valence-electron chi connectivity index (χ4n) is 4.01. The lowest BCUT2D eigenvalue weighted by Gasteiger charge is -2.30. The molecule has 0 bridgehead atoms. The van der Waals surface area contributed by atoms with Crippen molar-refractivity contribution in [2.45, 2.75) is 57.9 Å². The van der Waals surface area contributed by atoms with Gasteiger partial charge in [0.05, 0.1) is 0 Å². The Kier molecular flexibility index (Phi) is 4.07. The SMILES string of the molecule is O=c1c(Cc2ccccc2)cc2c(n1CC1CCC1)CCCC2. The molecule has 1 fully saturated rings. The Hall–Kier alpha value is -1.83. The lowest BCUT2D eigenvalue weighted by Crippen LogP contribution is -2.33. The Morgan fingerprint density at radius 3 is 2.52 bits per heavy atom. The molecule has 1 aromatic heterocycles. The summed E-state index contributed by atoms with van der Waals surface area (Å²) in [5, 5.41) is 0. The van der Waals surface area contributed by atoms with E-state index in [1.165, 1.54) is 48.9 Å². The summed E-state index contributed by atoms with van der Waals surface area (Å²) in [4.78, 5) is 13.1. The number of nitrogens with zero attached hydrogens (tertiary/aromatic N) is 1. The van der Waals surface area contributed by atoms with Gasteiger partial charge >= 0.3 is 0 Å². The van der Waals surface area contributed by atoms with Gasteiger partial charge in [0.1, 0.15) is 0 Å². The zero-order chi connectivity index (χ0) is 15.6. The van der Waals surface area contributed by atoms with Crippen LogP contribution in [0.5, 0.6) is 0 Å². The van der Waals surface area contributed by atoms with Crippen LogP contribution in [0, 0.1) is 5.92 Å². The van der Waals surface area contributed by atoms with Gasteiger partial charge in [-0.15, -0.1) is 0 Å². The van der Waals surface area contributed by atoms with Gasteiger partial charge in [0.2, 0.25) is 0 Å². The van der Waals surface area contributed by atoms with Crippen molar-refractivity contribution in [1.29, 1.82) is 0 Å². The molecule has 0 N–H and O–H groups in total. The highest BCUT2D eigenvalue weighted by Gasteiger charge is 2.23. The summed E-state index contributed by atoms with van der Waals surface area (Å²) < 4.78 is 2.15. The van der Waals surface area contributed by atoms with E-state index in [1.807, 2.05) is 6.07 Å². The maximum Gasteiger partial charge on any atom is 0.254 e. The van der Waals surface area contributed by atoms with Crippen LogP contribution in [-0.2, 0) is 25.8 Å². The fraction of sp³-hybridized carbons (Fsp3) is 0.476. The van der Waals surface area contributed by atoms with E-state index in [2.05, 4.69) is 34.9 Å². The Bertz CT molecular complexity index is 740. The maximum atomic E-state index is 13.1. The molecule has 0 aliphatic heterocycles. The van der Waals surface area contributed by atoms with Crippen LogP contribution >= 0.6 is 0 Å². The van der Waals surface area contributed by atoms with E-state index in [0.29, 0.717) is 0 Å². The molecule has 0 spiro atoms. The molecule has 2 aliphatic rings. The van der Waals surface area contributed by atoms with Gasteiger partial charge in [-0.1, -0.05) is 36.8 Å². The van der Waals surface area contributed by atoms with Crippen LogP contribution in [0.1, 0.15) is 54.5 Å². The van der Waals surface area contributed by atoms with E-state index in [0.717, 1.165) is 37.3 Å². The second-order valence-corrected chi connectivity index (χ2v) is 7.22. The molecule has 1 aromatic carbocycles. The maximum absolute atomic E-state index is 13.1. The fourth-order valence-corrected chi connectivity index (χ4v) is 4.01. The minimum absolute atomic E-state index is 0.265. The van der Waals surface area contributed by atoms with Gasteiger partial charge in [-0.25, -0.2) is 0 Å². The van der Waals surface area contributed by atoms with Crippen LogP contribution in [0.3, 0.4) is 0 Å². The van der Waals surface area contributed by atoms with Crippen LogP contribution in [-0.4, -0.2) is 4.57 Å². The monoisotopic (exact) mass is 307 g/mol. The van der Waals surface area contributed by atoms with Crippen LogP contribution < -0.4 is 5.56 Å². The molecular weight excluding hydrogens is 282 g/mol. The first-order chi connectivity index (χ1) is 11.3. The molecule has 2 aliphatic carbocycles. The van der Waals surface area contributed by atoms with Crippen molar-refractivity contribution in [3.8, 4) is 0 Å². The third kappa shape index (κ3) is 2.99. The van der Waals surface area contributed by atoms with Gasteiger partial charge in [-0.2, -0.15) is 0 Å². The van der Waals surface area contributed by atoms with E-state index in [4.69, 9.17) is 0 Å². The molecule has 0 radical (unpaired) electrons. The number of hydrogen-bond acceptors (Lipinski definition) is 1. The number of hydrogen-bond donors (Lipinski definition) is 0. The van der Waals surface area contributed by atoms with Crippen molar-refractivity contribution in [2.75, 3.05) is 0 Å². The number of rotatable bonds is 4. The molecule has 0 unspecified atom stereocenters. The van der Waals surface area contributed by atoms with Crippen LogP contribution in [0.2, 0.25) is 0 Å². The molecule has 0 atom stereocenters. The zero-order valence-electron chi connectivity index (χ0n) is 13.8. The van der Waals surface area contributed by atoms with E-state index in [-0.39, 0.29) is 5.56 Å². The number of benzene rings is 1. The van der Waals surface area contributed by atoms with Gasteiger partial charge in [-0.3, -0.25) is 4.79 Å². The van der Waals surface area contributed by atoms with Crippen LogP contribution in [0.25, 0.3) is 0 Å². The molecule has 4 rings (SSSR count). The minimum Gasteiger partial charge on any atom is -0.312 e. The van der Waals surface area contributed by atoms with Gasteiger partial charge in [0, 0.05) is 24.2 Å². The highest BCUT2D eigenvalue weighted by molar-refractivity contribution is 5.32. The van der Waals surface area contributed by atoms with E-state index >= 15 is 0 Å². The van der Waals surface area contributed by atoms with Crippen molar-refractivity contribution in [2.24, 2.45) is 5.92 Å². The Labute approximate surface area is 138 Å². The molecule has 120 valence electrons. The third-order valence-electron chi connectivity index (χ3n) is 5.58. The predicted molar refractivity (Wildman–Crippen MR) is 93.9 cm³/mol. The lowest BCUT2D eigenvalue weighted by atomic mass is 9.84. The highest BCUT2D eigenvalue weighted by atomic mass is 16.1. The topological polar surface area (TPSA) is 22.0 Å². The van der Waals surface area contributed by atoms with Gasteiger partial charge in [0.25, 0.3) is 5.56 Å². The Morgan fingerprint density at radius 1 is 1.00 bits per heavy atom. The van der Waals surface area contributed by atoms with Gasteiger partial charge < -0.3 is 4.57 Å². The molecule has 2 heteroatoms. The molecule has 1 heterocycles. The summed E-state index contributed by atoms with van der Waals surface area (Å²) in [6.07, 6.45) is 9.41. The normalized spacial score (nSPS) is 17.6. The molecule has 23 heavy (non-hydrogen) atoms. The van der Waals surface area contributed by atoms with E-state index in [1.54, 1.807) is 0 Å². The standard InChI is InChI=1S/C21H25NO/c23-21-19(13-16-7-2-1-3-8-16)14-18-11-4-5-12-20(18)22(21)15-17-9-6-10-17/h1-3,7-8,14,17H,4-6,9-13,15H2. The number of aromatic nitrogens is 1. The van der Waals surface area contributed by atoms with Crippen molar-refractivity contribution < 1.29 is 0 Å². The third-order valence-corrected chi connectivity index (χ3v) is 5.58. The Balaban J connectivity index is 1.73. The van der Waals surface area contributed by atoms with Crippen molar-refractivity contribution in [3.63, 3.8) is 0 Å². The van der Waals surface area contributed by atoms with Crippen molar-refractivity contribution in [3.05, 3.63) is 69.1 Å². The molecule has 1 saturated carbocycles. The molecule has 0 saturated heterocycles.